The molecule has 0 bridgehead atoms. The summed E-state index contributed by atoms with van der Waals surface area (Å²) in [5.74, 6) is -3.40. The van der Waals surface area contributed by atoms with Crippen molar-refractivity contribution >= 4 is 17.8 Å². The van der Waals surface area contributed by atoms with Gasteiger partial charge in [0.1, 0.15) is 23.7 Å². The van der Waals surface area contributed by atoms with Crippen molar-refractivity contribution in [3.05, 3.63) is 71.5 Å². The Hall–Kier alpha value is -3.06. The summed E-state index contributed by atoms with van der Waals surface area (Å²) in [5.41, 5.74) is -0.121. The van der Waals surface area contributed by atoms with Crippen LogP contribution in [0.15, 0.2) is 54.6 Å². The summed E-state index contributed by atoms with van der Waals surface area (Å²) in [6, 6.07) is 14.1. The summed E-state index contributed by atoms with van der Waals surface area (Å²) in [6.45, 7) is 0. The first-order valence-electron chi connectivity index (χ1n) is 8.98. The van der Waals surface area contributed by atoms with E-state index in [9.17, 15) is 18.8 Å². The molecule has 2 aromatic rings. The molecule has 144 valence electrons. The molecule has 0 saturated carbocycles. The second kappa shape index (κ2) is 6.53. The summed E-state index contributed by atoms with van der Waals surface area (Å²) >= 11 is 0. The second-order valence-electron chi connectivity index (χ2n) is 7.21. The van der Waals surface area contributed by atoms with Gasteiger partial charge in [-0.05, 0) is 12.1 Å². The lowest BCUT2D eigenvalue weighted by atomic mass is 9.75. The van der Waals surface area contributed by atoms with Crippen molar-refractivity contribution in [1.29, 1.82) is 0 Å². The zero-order valence-electron chi connectivity index (χ0n) is 15.5. The molecule has 0 radical (unpaired) electrons. The van der Waals surface area contributed by atoms with Crippen LogP contribution in [0.5, 0.6) is 0 Å². The topological polar surface area (TPSA) is 80.3 Å². The lowest BCUT2D eigenvalue weighted by Gasteiger charge is -2.29. The van der Waals surface area contributed by atoms with Crippen molar-refractivity contribution in [3.8, 4) is 0 Å². The van der Waals surface area contributed by atoms with Crippen LogP contribution in [0.3, 0.4) is 0 Å². The normalized spacial score (nSPS) is 29.1. The first-order chi connectivity index (χ1) is 13.4. The number of amides is 2. The molecular formula is C21H20FN2O4+. The van der Waals surface area contributed by atoms with Gasteiger partial charge in [0.05, 0.1) is 7.11 Å². The second-order valence-corrected chi connectivity index (χ2v) is 7.21. The molecule has 2 fully saturated rings. The third kappa shape index (κ3) is 2.39. The standard InChI is InChI=1S/C21H19FN2O4/c1-24-18(25)15-16(19(24)26)21(20(27)28-2,13-6-4-3-5-7-13)23-17(15)12-8-10-14(22)11-9-12/h3-11,15-17,23H,1-2H3/p+1/t15-,16-,17+,21+/m0/s1. The van der Waals surface area contributed by atoms with Gasteiger partial charge in [-0.25, -0.2) is 9.18 Å². The van der Waals surface area contributed by atoms with Crippen LogP contribution in [0.4, 0.5) is 4.39 Å². The highest BCUT2D eigenvalue weighted by molar-refractivity contribution is 6.08. The fraction of sp³-hybridized carbons (Fsp3) is 0.286. The van der Waals surface area contributed by atoms with Crippen LogP contribution in [0.2, 0.25) is 0 Å². The zero-order valence-corrected chi connectivity index (χ0v) is 15.5. The van der Waals surface area contributed by atoms with Crippen molar-refractivity contribution in [2.24, 2.45) is 11.8 Å². The van der Waals surface area contributed by atoms with Crippen LogP contribution >= 0.6 is 0 Å². The molecule has 2 amide bonds. The number of nitrogens with two attached hydrogens (primary N) is 1. The largest absolute Gasteiger partial charge is 0.464 e. The van der Waals surface area contributed by atoms with E-state index in [-0.39, 0.29) is 5.91 Å². The summed E-state index contributed by atoms with van der Waals surface area (Å²) in [4.78, 5) is 40.1. The highest BCUT2D eigenvalue weighted by Crippen LogP contribution is 2.48. The van der Waals surface area contributed by atoms with Gasteiger partial charge in [0.15, 0.2) is 0 Å². The Morgan fingerprint density at radius 3 is 2.32 bits per heavy atom. The van der Waals surface area contributed by atoms with Gasteiger partial charge in [0.2, 0.25) is 17.4 Å². The lowest BCUT2D eigenvalue weighted by molar-refractivity contribution is -0.742. The number of likely N-dealkylation sites (tertiary alicyclic amines) is 1. The number of rotatable bonds is 3. The Bertz CT molecular complexity index is 947. The SMILES string of the molecule is COC(=O)[C@]1(c2ccccc2)[NH2+][C@H](c2ccc(F)cc2)[C@H]2C(=O)N(C)C(=O)[C@H]21. The van der Waals surface area contributed by atoms with Gasteiger partial charge in [0, 0.05) is 18.2 Å². The van der Waals surface area contributed by atoms with E-state index in [1.165, 1.54) is 26.3 Å². The Morgan fingerprint density at radius 1 is 1.07 bits per heavy atom. The van der Waals surface area contributed by atoms with E-state index in [0.29, 0.717) is 11.1 Å². The molecule has 2 aliphatic rings. The zero-order chi connectivity index (χ0) is 20.1. The van der Waals surface area contributed by atoms with Crippen LogP contribution in [-0.2, 0) is 24.7 Å². The van der Waals surface area contributed by atoms with Crippen molar-refractivity contribution in [2.75, 3.05) is 14.2 Å². The first kappa shape index (κ1) is 18.3. The van der Waals surface area contributed by atoms with E-state index in [1.54, 1.807) is 41.7 Å². The van der Waals surface area contributed by atoms with Gasteiger partial charge in [-0.3, -0.25) is 14.5 Å². The summed E-state index contributed by atoms with van der Waals surface area (Å²) in [6.07, 6.45) is 0. The van der Waals surface area contributed by atoms with Crippen LogP contribution in [0, 0.1) is 17.7 Å². The van der Waals surface area contributed by atoms with E-state index in [0.717, 1.165) is 4.90 Å². The van der Waals surface area contributed by atoms with E-state index < -0.39 is 41.1 Å². The van der Waals surface area contributed by atoms with Gasteiger partial charge in [-0.1, -0.05) is 42.5 Å². The van der Waals surface area contributed by atoms with Crippen LogP contribution in [0.1, 0.15) is 17.2 Å². The number of imide groups is 1. The quantitative estimate of drug-likeness (QED) is 0.626. The number of methoxy groups -OCH3 is 1. The Kier molecular flexibility index (Phi) is 4.27. The van der Waals surface area contributed by atoms with E-state index in [1.807, 2.05) is 6.07 Å². The molecule has 6 nitrogen and oxygen atoms in total. The number of halogens is 1. The van der Waals surface area contributed by atoms with Crippen molar-refractivity contribution in [2.45, 2.75) is 11.6 Å². The molecule has 7 heteroatoms. The molecule has 0 aromatic heterocycles. The number of esters is 1. The number of ether oxygens (including phenoxy) is 1. The molecule has 2 N–H and O–H groups in total. The predicted molar refractivity (Wildman–Crippen MR) is 96.0 cm³/mol. The molecule has 2 heterocycles. The molecule has 2 aliphatic heterocycles. The highest BCUT2D eigenvalue weighted by atomic mass is 19.1. The molecule has 4 atom stereocenters. The Labute approximate surface area is 161 Å². The smallest absolute Gasteiger partial charge is 0.373 e. The number of carbonyl (C=O) groups excluding carboxylic acids is 3. The molecule has 2 saturated heterocycles. The molecule has 28 heavy (non-hydrogen) atoms. The molecular weight excluding hydrogens is 363 g/mol. The molecule has 2 aromatic carbocycles. The third-order valence-corrected chi connectivity index (χ3v) is 5.92. The van der Waals surface area contributed by atoms with Gasteiger partial charge in [-0.2, -0.15) is 0 Å². The monoisotopic (exact) mass is 383 g/mol. The third-order valence-electron chi connectivity index (χ3n) is 5.92. The maximum absolute atomic E-state index is 13.4. The molecule has 0 aliphatic carbocycles. The van der Waals surface area contributed by atoms with Gasteiger partial charge in [-0.15, -0.1) is 0 Å². The molecule has 0 spiro atoms. The average molecular weight is 383 g/mol. The molecule has 4 rings (SSSR count). The van der Waals surface area contributed by atoms with Crippen LogP contribution in [-0.4, -0.2) is 36.8 Å². The van der Waals surface area contributed by atoms with Gasteiger partial charge >= 0.3 is 5.97 Å². The number of quaternary nitrogens is 1. The van der Waals surface area contributed by atoms with Crippen molar-refractivity contribution in [1.82, 2.24) is 4.90 Å². The number of carbonyl (C=O) groups is 3. The van der Waals surface area contributed by atoms with Crippen LogP contribution < -0.4 is 5.32 Å². The summed E-state index contributed by atoms with van der Waals surface area (Å²) in [5, 5.41) is 1.74. The fourth-order valence-corrected chi connectivity index (χ4v) is 4.63. The van der Waals surface area contributed by atoms with Gasteiger partial charge in [0.25, 0.3) is 0 Å². The lowest BCUT2D eigenvalue weighted by Crippen LogP contribution is -2.96. The fourth-order valence-electron chi connectivity index (χ4n) is 4.63. The minimum atomic E-state index is -1.39. The Balaban J connectivity index is 1.94. The average Bonchev–Trinajstić information content (AvgIpc) is 3.19. The number of hydrogen-bond donors (Lipinski definition) is 1. The summed E-state index contributed by atoms with van der Waals surface area (Å²) in [7, 11) is 2.70. The number of benzene rings is 2. The maximum Gasteiger partial charge on any atom is 0.373 e. The predicted octanol–water partition coefficient (Wildman–Crippen LogP) is 0.743. The van der Waals surface area contributed by atoms with Crippen LogP contribution in [0.25, 0.3) is 0 Å². The van der Waals surface area contributed by atoms with Crippen molar-refractivity contribution < 1.29 is 28.8 Å². The van der Waals surface area contributed by atoms with Gasteiger partial charge < -0.3 is 10.1 Å². The number of fused-ring (bicyclic) bond motifs is 1. The number of hydrogen-bond acceptors (Lipinski definition) is 4. The molecule has 0 unspecified atom stereocenters. The minimum Gasteiger partial charge on any atom is -0.464 e. The van der Waals surface area contributed by atoms with E-state index in [2.05, 4.69) is 0 Å². The van der Waals surface area contributed by atoms with Crippen molar-refractivity contribution in [3.63, 3.8) is 0 Å². The summed E-state index contributed by atoms with van der Waals surface area (Å²) < 4.78 is 18.5. The minimum absolute atomic E-state index is 0.345. The van der Waals surface area contributed by atoms with E-state index >= 15 is 0 Å². The van der Waals surface area contributed by atoms with E-state index in [4.69, 9.17) is 4.74 Å². The Morgan fingerprint density at radius 2 is 1.71 bits per heavy atom. The highest BCUT2D eigenvalue weighted by Gasteiger charge is 2.72. The number of nitrogens with zero attached hydrogens (tertiary/aromatic N) is 1. The first-order valence-corrected chi connectivity index (χ1v) is 8.98. The maximum atomic E-state index is 13.4.